The topological polar surface area (TPSA) is 0 Å². The third kappa shape index (κ3) is 4.42. The lowest BCUT2D eigenvalue weighted by molar-refractivity contribution is -0.135. The van der Waals surface area contributed by atoms with E-state index >= 15 is 0 Å². The van der Waals surface area contributed by atoms with Gasteiger partial charge in [-0.15, -0.1) is 0 Å². The van der Waals surface area contributed by atoms with Crippen LogP contribution in [0.4, 0.5) is 17.6 Å². The Morgan fingerprint density at radius 1 is 0.840 bits per heavy atom. The number of benzene rings is 2. The third-order valence-electron chi connectivity index (χ3n) is 4.89. The Hall–Kier alpha value is -1.84. The van der Waals surface area contributed by atoms with Crippen LogP contribution < -0.4 is 0 Å². The van der Waals surface area contributed by atoms with Crippen LogP contribution in [0.25, 0.3) is 11.1 Å². The van der Waals surface area contributed by atoms with Gasteiger partial charge < -0.3 is 0 Å². The lowest BCUT2D eigenvalue weighted by Crippen LogP contribution is -2.06. The van der Waals surface area contributed by atoms with Crippen LogP contribution in [0.3, 0.4) is 0 Å². The molecule has 0 fully saturated rings. The fraction of sp³-hybridized carbons (Fsp3) is 0.429. The summed E-state index contributed by atoms with van der Waals surface area (Å²) < 4.78 is 51.0. The Kier molecular flexibility index (Phi) is 5.45. The fourth-order valence-electron chi connectivity index (χ4n) is 3.63. The van der Waals surface area contributed by atoms with E-state index in [1.807, 2.05) is 30.3 Å². The van der Waals surface area contributed by atoms with Crippen molar-refractivity contribution in [2.45, 2.75) is 57.3 Å². The summed E-state index contributed by atoms with van der Waals surface area (Å²) in [5, 5.41) is 0. The number of unbranched alkanes of at least 4 members (excludes halogenated alkanes) is 3. The zero-order valence-corrected chi connectivity index (χ0v) is 14.1. The normalized spacial score (nSPS) is 14.2. The highest BCUT2D eigenvalue weighted by Crippen LogP contribution is 2.41. The van der Waals surface area contributed by atoms with E-state index in [1.54, 1.807) is 0 Å². The smallest absolute Gasteiger partial charge is 0.242 e. The largest absolute Gasteiger partial charge is 0.389 e. The number of hydrogen-bond acceptors (Lipinski definition) is 0. The van der Waals surface area contributed by atoms with Gasteiger partial charge in [-0.3, -0.25) is 0 Å². The molecule has 0 saturated heterocycles. The molecule has 1 atom stereocenters. The molecule has 0 spiro atoms. The SMILES string of the molecule is FC(CCCCCCC(F)(F)F)c1cccc2c1Cc1ccccc1-2. The molecule has 1 unspecified atom stereocenters. The van der Waals surface area contributed by atoms with Gasteiger partial charge in [0.1, 0.15) is 6.17 Å². The van der Waals surface area contributed by atoms with Gasteiger partial charge in [0, 0.05) is 6.42 Å². The van der Waals surface area contributed by atoms with Crippen LogP contribution in [0.5, 0.6) is 0 Å². The minimum absolute atomic E-state index is 0.135. The van der Waals surface area contributed by atoms with Crippen molar-refractivity contribution in [1.29, 1.82) is 0 Å². The molecule has 0 heterocycles. The molecule has 0 aliphatic heterocycles. The molecule has 25 heavy (non-hydrogen) atoms. The van der Waals surface area contributed by atoms with E-state index in [1.165, 1.54) is 11.1 Å². The minimum Gasteiger partial charge on any atom is -0.242 e. The monoisotopic (exact) mass is 350 g/mol. The first-order valence-electron chi connectivity index (χ1n) is 8.86. The van der Waals surface area contributed by atoms with Crippen molar-refractivity contribution < 1.29 is 17.6 Å². The van der Waals surface area contributed by atoms with Crippen molar-refractivity contribution in [3.8, 4) is 11.1 Å². The van der Waals surface area contributed by atoms with Crippen molar-refractivity contribution in [1.82, 2.24) is 0 Å². The van der Waals surface area contributed by atoms with Crippen LogP contribution in [0.2, 0.25) is 0 Å². The van der Waals surface area contributed by atoms with Gasteiger partial charge in [0.25, 0.3) is 0 Å². The van der Waals surface area contributed by atoms with Gasteiger partial charge in [-0.25, -0.2) is 4.39 Å². The minimum atomic E-state index is -4.08. The van der Waals surface area contributed by atoms with Gasteiger partial charge in [-0.2, -0.15) is 13.2 Å². The van der Waals surface area contributed by atoms with Crippen LogP contribution in [0.1, 0.15) is 61.4 Å². The molecule has 2 aromatic rings. The number of fused-ring (bicyclic) bond motifs is 3. The predicted octanol–water partition coefficient (Wildman–Crippen LogP) is 7.17. The van der Waals surface area contributed by atoms with E-state index in [2.05, 4.69) is 12.1 Å². The highest BCUT2D eigenvalue weighted by Gasteiger charge is 2.26. The summed E-state index contributed by atoms with van der Waals surface area (Å²) in [6.07, 6.45) is -2.83. The van der Waals surface area contributed by atoms with Gasteiger partial charge >= 0.3 is 6.18 Å². The first-order chi connectivity index (χ1) is 12.0. The Labute approximate surface area is 145 Å². The summed E-state index contributed by atoms with van der Waals surface area (Å²) >= 11 is 0. The second kappa shape index (κ2) is 7.59. The average Bonchev–Trinajstić information content (AvgIpc) is 2.95. The fourth-order valence-corrected chi connectivity index (χ4v) is 3.63. The van der Waals surface area contributed by atoms with Crippen molar-refractivity contribution in [2.75, 3.05) is 0 Å². The molecule has 1 aliphatic rings. The third-order valence-corrected chi connectivity index (χ3v) is 4.89. The van der Waals surface area contributed by atoms with E-state index in [-0.39, 0.29) is 6.42 Å². The standard InChI is InChI=1S/C21H22F4/c22-20(12-3-1-2-6-13-21(23,24)25)18-11-7-10-17-16-9-5-4-8-15(16)14-19(17)18/h4-5,7-11,20H,1-3,6,12-14H2. The summed E-state index contributed by atoms with van der Waals surface area (Å²) in [4.78, 5) is 0. The maximum absolute atomic E-state index is 14.7. The summed E-state index contributed by atoms with van der Waals surface area (Å²) in [6, 6.07) is 13.9. The second-order valence-corrected chi connectivity index (χ2v) is 6.74. The molecule has 0 amide bonds. The molecule has 2 aromatic carbocycles. The van der Waals surface area contributed by atoms with Gasteiger partial charge in [-0.1, -0.05) is 61.7 Å². The maximum atomic E-state index is 14.7. The van der Waals surface area contributed by atoms with Crippen molar-refractivity contribution in [3.63, 3.8) is 0 Å². The van der Waals surface area contributed by atoms with E-state index in [0.717, 1.165) is 23.1 Å². The number of halogens is 4. The Bertz CT molecular complexity index is 718. The van der Waals surface area contributed by atoms with E-state index in [9.17, 15) is 17.6 Å². The van der Waals surface area contributed by atoms with Crippen molar-refractivity contribution in [2.24, 2.45) is 0 Å². The molecular formula is C21H22F4. The van der Waals surface area contributed by atoms with Crippen LogP contribution in [0, 0.1) is 0 Å². The molecule has 134 valence electrons. The quantitative estimate of drug-likeness (QED) is 0.313. The highest BCUT2D eigenvalue weighted by molar-refractivity contribution is 5.78. The lowest BCUT2D eigenvalue weighted by atomic mass is 9.95. The van der Waals surface area contributed by atoms with Gasteiger partial charge in [-0.05, 0) is 47.1 Å². The first kappa shape index (κ1) is 18.0. The highest BCUT2D eigenvalue weighted by atomic mass is 19.4. The van der Waals surface area contributed by atoms with E-state index in [0.29, 0.717) is 25.7 Å². The Morgan fingerprint density at radius 2 is 1.56 bits per heavy atom. The molecular weight excluding hydrogens is 328 g/mol. The lowest BCUT2D eigenvalue weighted by Gasteiger charge is -2.13. The molecule has 3 rings (SSSR count). The Balaban J connectivity index is 1.55. The van der Waals surface area contributed by atoms with Crippen LogP contribution in [-0.2, 0) is 6.42 Å². The van der Waals surface area contributed by atoms with Gasteiger partial charge in [0.2, 0.25) is 0 Å². The average molecular weight is 350 g/mol. The molecule has 0 bridgehead atoms. The second-order valence-electron chi connectivity index (χ2n) is 6.74. The molecule has 0 nitrogen and oxygen atoms in total. The number of hydrogen-bond donors (Lipinski definition) is 0. The first-order valence-corrected chi connectivity index (χ1v) is 8.86. The summed E-state index contributed by atoms with van der Waals surface area (Å²) in [7, 11) is 0. The zero-order chi connectivity index (χ0) is 17.9. The number of rotatable bonds is 7. The molecule has 4 heteroatoms. The van der Waals surface area contributed by atoms with Crippen LogP contribution in [0.15, 0.2) is 42.5 Å². The van der Waals surface area contributed by atoms with Crippen molar-refractivity contribution >= 4 is 0 Å². The zero-order valence-electron chi connectivity index (χ0n) is 14.1. The van der Waals surface area contributed by atoms with Crippen LogP contribution >= 0.6 is 0 Å². The molecule has 1 aliphatic carbocycles. The molecule has 0 aromatic heterocycles. The summed E-state index contributed by atoms with van der Waals surface area (Å²) in [5.74, 6) is 0. The Morgan fingerprint density at radius 3 is 2.36 bits per heavy atom. The summed E-state index contributed by atoms with van der Waals surface area (Å²) in [6.45, 7) is 0. The van der Waals surface area contributed by atoms with E-state index in [4.69, 9.17) is 0 Å². The molecule has 0 N–H and O–H groups in total. The van der Waals surface area contributed by atoms with E-state index < -0.39 is 18.8 Å². The van der Waals surface area contributed by atoms with Crippen molar-refractivity contribution in [3.05, 3.63) is 59.2 Å². The number of alkyl halides is 4. The predicted molar refractivity (Wildman–Crippen MR) is 92.3 cm³/mol. The molecule has 0 radical (unpaired) electrons. The van der Waals surface area contributed by atoms with Crippen LogP contribution in [-0.4, -0.2) is 6.18 Å². The molecule has 0 saturated carbocycles. The van der Waals surface area contributed by atoms with Gasteiger partial charge in [0.05, 0.1) is 0 Å². The summed E-state index contributed by atoms with van der Waals surface area (Å²) in [5.41, 5.74) is 5.32. The maximum Gasteiger partial charge on any atom is 0.389 e. The van der Waals surface area contributed by atoms with Gasteiger partial charge in [0.15, 0.2) is 0 Å².